The number of methoxy groups -OCH3 is 2. The number of hydrogen-bond acceptors (Lipinski definition) is 4. The molecule has 100 valence electrons. The molecular weight excluding hydrogens is 228 g/mol. The summed E-state index contributed by atoms with van der Waals surface area (Å²) >= 11 is 0. The summed E-state index contributed by atoms with van der Waals surface area (Å²) in [4.78, 5) is 0. The van der Waals surface area contributed by atoms with Gasteiger partial charge in [-0.3, -0.25) is 0 Å². The zero-order valence-electron chi connectivity index (χ0n) is 11.1. The molecule has 0 amide bonds. The predicted octanol–water partition coefficient (Wildman–Crippen LogP) is 2.39. The summed E-state index contributed by atoms with van der Waals surface area (Å²) in [5.41, 5.74) is 7.13. The Balaban J connectivity index is 2.12. The van der Waals surface area contributed by atoms with E-state index < -0.39 is 0 Å². The van der Waals surface area contributed by atoms with Crippen LogP contribution in [-0.4, -0.2) is 26.3 Å². The highest BCUT2D eigenvalue weighted by atomic mass is 16.5. The van der Waals surface area contributed by atoms with Crippen molar-refractivity contribution in [1.82, 2.24) is 0 Å². The number of benzene rings is 1. The van der Waals surface area contributed by atoms with Gasteiger partial charge in [0.1, 0.15) is 11.5 Å². The van der Waals surface area contributed by atoms with Crippen LogP contribution in [0.4, 0.5) is 5.69 Å². The van der Waals surface area contributed by atoms with E-state index in [0.29, 0.717) is 6.04 Å². The van der Waals surface area contributed by atoms with Gasteiger partial charge in [-0.25, -0.2) is 0 Å². The van der Waals surface area contributed by atoms with Crippen molar-refractivity contribution >= 4 is 5.69 Å². The molecular formula is C14H22N2O2. The summed E-state index contributed by atoms with van der Waals surface area (Å²) in [5, 5.41) is 3.50. The molecule has 0 heterocycles. The largest absolute Gasteiger partial charge is 0.497 e. The Kier molecular flexibility index (Phi) is 4.31. The van der Waals surface area contributed by atoms with Gasteiger partial charge in [0.25, 0.3) is 0 Å². The molecule has 18 heavy (non-hydrogen) atoms. The summed E-state index contributed by atoms with van der Waals surface area (Å²) in [5.74, 6) is 1.59. The second-order valence-corrected chi connectivity index (χ2v) is 4.77. The molecule has 1 aliphatic rings. The van der Waals surface area contributed by atoms with E-state index in [4.69, 9.17) is 15.2 Å². The summed E-state index contributed by atoms with van der Waals surface area (Å²) < 4.78 is 10.6. The molecule has 1 fully saturated rings. The number of ether oxygens (including phenoxy) is 2. The molecule has 0 bridgehead atoms. The van der Waals surface area contributed by atoms with E-state index in [1.807, 2.05) is 18.2 Å². The predicted molar refractivity (Wildman–Crippen MR) is 73.4 cm³/mol. The molecule has 1 saturated carbocycles. The number of anilines is 1. The SMILES string of the molecule is COc1ccc(N[C@@H]2CCCC[C@H]2N)c(OC)c1. The molecule has 0 spiro atoms. The van der Waals surface area contributed by atoms with Crippen LogP contribution in [0, 0.1) is 0 Å². The van der Waals surface area contributed by atoms with Gasteiger partial charge in [-0.1, -0.05) is 12.8 Å². The average Bonchev–Trinajstić information content (AvgIpc) is 2.41. The molecule has 1 aromatic rings. The fourth-order valence-corrected chi connectivity index (χ4v) is 2.46. The molecule has 2 rings (SSSR count). The minimum absolute atomic E-state index is 0.227. The Hall–Kier alpha value is -1.42. The molecule has 0 aliphatic heterocycles. The lowest BCUT2D eigenvalue weighted by Crippen LogP contribution is -2.42. The van der Waals surface area contributed by atoms with Crippen molar-refractivity contribution < 1.29 is 9.47 Å². The van der Waals surface area contributed by atoms with Gasteiger partial charge < -0.3 is 20.5 Å². The molecule has 0 saturated heterocycles. The third-order valence-corrected chi connectivity index (χ3v) is 3.57. The first kappa shape index (κ1) is 13.0. The van der Waals surface area contributed by atoms with Crippen molar-refractivity contribution in [2.24, 2.45) is 5.73 Å². The van der Waals surface area contributed by atoms with Crippen LogP contribution >= 0.6 is 0 Å². The molecule has 0 aromatic heterocycles. The van der Waals surface area contributed by atoms with Gasteiger partial charge in [0, 0.05) is 18.2 Å². The maximum absolute atomic E-state index is 6.15. The van der Waals surface area contributed by atoms with E-state index in [9.17, 15) is 0 Å². The fourth-order valence-electron chi connectivity index (χ4n) is 2.46. The summed E-state index contributed by atoms with van der Waals surface area (Å²) in [6.07, 6.45) is 4.69. The lowest BCUT2D eigenvalue weighted by Gasteiger charge is -2.30. The number of hydrogen-bond donors (Lipinski definition) is 2. The zero-order chi connectivity index (χ0) is 13.0. The van der Waals surface area contributed by atoms with E-state index in [1.54, 1.807) is 14.2 Å². The van der Waals surface area contributed by atoms with Crippen molar-refractivity contribution in [3.05, 3.63) is 18.2 Å². The van der Waals surface area contributed by atoms with E-state index >= 15 is 0 Å². The van der Waals surface area contributed by atoms with Gasteiger partial charge >= 0.3 is 0 Å². The fraction of sp³-hybridized carbons (Fsp3) is 0.571. The number of nitrogens with one attached hydrogen (secondary N) is 1. The van der Waals surface area contributed by atoms with Gasteiger partial charge in [-0.2, -0.15) is 0 Å². The monoisotopic (exact) mass is 250 g/mol. The summed E-state index contributed by atoms with van der Waals surface area (Å²) in [7, 11) is 3.32. The lowest BCUT2D eigenvalue weighted by atomic mass is 9.91. The second-order valence-electron chi connectivity index (χ2n) is 4.77. The molecule has 4 nitrogen and oxygen atoms in total. The third-order valence-electron chi connectivity index (χ3n) is 3.57. The Bertz CT molecular complexity index is 395. The first-order chi connectivity index (χ1) is 8.74. The Labute approximate surface area is 108 Å². The van der Waals surface area contributed by atoms with Crippen molar-refractivity contribution in [2.75, 3.05) is 19.5 Å². The van der Waals surface area contributed by atoms with Crippen LogP contribution in [0.5, 0.6) is 11.5 Å². The van der Waals surface area contributed by atoms with Gasteiger partial charge in [0.2, 0.25) is 0 Å². The smallest absolute Gasteiger partial charge is 0.145 e. The van der Waals surface area contributed by atoms with E-state index in [0.717, 1.165) is 30.0 Å². The van der Waals surface area contributed by atoms with E-state index in [2.05, 4.69) is 5.32 Å². The van der Waals surface area contributed by atoms with Crippen molar-refractivity contribution in [3.63, 3.8) is 0 Å². The quantitative estimate of drug-likeness (QED) is 0.861. The van der Waals surface area contributed by atoms with Crippen LogP contribution in [0.15, 0.2) is 18.2 Å². The highest BCUT2D eigenvalue weighted by molar-refractivity contribution is 5.59. The molecule has 3 N–H and O–H groups in total. The molecule has 1 aromatic carbocycles. The minimum Gasteiger partial charge on any atom is -0.497 e. The Morgan fingerprint density at radius 3 is 2.61 bits per heavy atom. The average molecular weight is 250 g/mol. The Morgan fingerprint density at radius 2 is 1.94 bits per heavy atom. The summed E-state index contributed by atoms with van der Waals surface area (Å²) in [6, 6.07) is 6.36. The van der Waals surface area contributed by atoms with Crippen LogP contribution < -0.4 is 20.5 Å². The molecule has 0 radical (unpaired) electrons. The second kappa shape index (κ2) is 5.96. The van der Waals surface area contributed by atoms with Crippen LogP contribution in [0.1, 0.15) is 25.7 Å². The van der Waals surface area contributed by atoms with Gasteiger partial charge in [0.15, 0.2) is 0 Å². The molecule has 1 aliphatic carbocycles. The maximum Gasteiger partial charge on any atom is 0.145 e. The number of nitrogens with two attached hydrogens (primary N) is 1. The van der Waals surface area contributed by atoms with Crippen molar-refractivity contribution in [2.45, 2.75) is 37.8 Å². The van der Waals surface area contributed by atoms with E-state index in [-0.39, 0.29) is 6.04 Å². The normalized spacial score (nSPS) is 23.5. The lowest BCUT2D eigenvalue weighted by molar-refractivity contribution is 0.388. The molecule has 0 unspecified atom stereocenters. The molecule has 2 atom stereocenters. The van der Waals surface area contributed by atoms with Crippen LogP contribution in [-0.2, 0) is 0 Å². The van der Waals surface area contributed by atoms with E-state index in [1.165, 1.54) is 12.8 Å². The third kappa shape index (κ3) is 2.88. The maximum atomic E-state index is 6.15. The highest BCUT2D eigenvalue weighted by Crippen LogP contribution is 2.31. The first-order valence-corrected chi connectivity index (χ1v) is 6.48. The van der Waals surface area contributed by atoms with Crippen molar-refractivity contribution in [3.8, 4) is 11.5 Å². The topological polar surface area (TPSA) is 56.5 Å². The minimum atomic E-state index is 0.227. The number of rotatable bonds is 4. The van der Waals surface area contributed by atoms with Crippen molar-refractivity contribution in [1.29, 1.82) is 0 Å². The highest BCUT2D eigenvalue weighted by Gasteiger charge is 2.22. The first-order valence-electron chi connectivity index (χ1n) is 6.48. The van der Waals surface area contributed by atoms with Gasteiger partial charge in [-0.05, 0) is 25.0 Å². The van der Waals surface area contributed by atoms with Crippen LogP contribution in [0.3, 0.4) is 0 Å². The van der Waals surface area contributed by atoms with Crippen LogP contribution in [0.25, 0.3) is 0 Å². The van der Waals surface area contributed by atoms with Gasteiger partial charge in [0.05, 0.1) is 19.9 Å². The summed E-state index contributed by atoms with van der Waals surface area (Å²) in [6.45, 7) is 0. The van der Waals surface area contributed by atoms with Gasteiger partial charge in [-0.15, -0.1) is 0 Å². The standard InChI is InChI=1S/C14H22N2O2/c1-17-10-7-8-13(14(9-10)18-2)16-12-6-4-3-5-11(12)15/h7-9,11-12,16H,3-6,15H2,1-2H3/t11-,12-/m1/s1. The Morgan fingerprint density at radius 1 is 1.17 bits per heavy atom. The zero-order valence-corrected chi connectivity index (χ0v) is 11.1. The molecule has 4 heteroatoms. The van der Waals surface area contributed by atoms with Crippen LogP contribution in [0.2, 0.25) is 0 Å².